The van der Waals surface area contributed by atoms with E-state index >= 15 is 0 Å². The van der Waals surface area contributed by atoms with Crippen LogP contribution in [0.15, 0.2) is 42.5 Å². The number of ether oxygens (including phenoxy) is 2. The Hall–Kier alpha value is -2.27. The summed E-state index contributed by atoms with van der Waals surface area (Å²) in [6.45, 7) is 5.90. The molecule has 0 aromatic heterocycles. The van der Waals surface area contributed by atoms with Crippen molar-refractivity contribution in [2.45, 2.75) is 13.5 Å². The lowest BCUT2D eigenvalue weighted by molar-refractivity contribution is -0.127. The molecule has 0 atom stereocenters. The molecule has 1 aromatic carbocycles. The van der Waals surface area contributed by atoms with Gasteiger partial charge in [0.1, 0.15) is 11.5 Å². The third-order valence-electron chi connectivity index (χ3n) is 4.11. The van der Waals surface area contributed by atoms with Crippen LogP contribution < -0.4 is 9.47 Å². The van der Waals surface area contributed by atoms with Gasteiger partial charge >= 0.3 is 0 Å². The Morgan fingerprint density at radius 2 is 1.88 bits per heavy atom. The number of carbonyl (C=O) groups is 1. The summed E-state index contributed by atoms with van der Waals surface area (Å²) in [4.78, 5) is 16.3. The molecule has 1 heterocycles. The molecule has 1 aliphatic heterocycles. The molecule has 0 radical (unpaired) electrons. The van der Waals surface area contributed by atoms with Crippen molar-refractivity contribution >= 4 is 5.91 Å². The van der Waals surface area contributed by atoms with Crippen molar-refractivity contribution < 1.29 is 14.3 Å². The van der Waals surface area contributed by atoms with Crippen LogP contribution in [0.2, 0.25) is 0 Å². The zero-order chi connectivity index (χ0) is 17.4. The quantitative estimate of drug-likeness (QED) is 0.594. The third kappa shape index (κ3) is 4.86. The van der Waals surface area contributed by atoms with Gasteiger partial charge in [-0.2, -0.15) is 0 Å². The Kier molecular flexibility index (Phi) is 6.88. The zero-order valence-electron chi connectivity index (χ0n) is 14.7. The molecule has 1 aromatic rings. The molecule has 0 aliphatic carbocycles. The van der Waals surface area contributed by atoms with E-state index in [2.05, 4.69) is 4.90 Å². The van der Waals surface area contributed by atoms with E-state index in [1.807, 2.05) is 42.2 Å². The molecular formula is C19H26N2O3. The summed E-state index contributed by atoms with van der Waals surface area (Å²) in [6, 6.07) is 5.84. The van der Waals surface area contributed by atoms with Crippen LogP contribution in [0.1, 0.15) is 12.5 Å². The van der Waals surface area contributed by atoms with Crippen LogP contribution in [0, 0.1) is 0 Å². The van der Waals surface area contributed by atoms with E-state index in [1.54, 1.807) is 26.4 Å². The maximum atomic E-state index is 12.1. The van der Waals surface area contributed by atoms with E-state index in [0.717, 1.165) is 49.8 Å². The molecule has 5 nitrogen and oxygen atoms in total. The summed E-state index contributed by atoms with van der Waals surface area (Å²) in [5, 5.41) is 0. The highest BCUT2D eigenvalue weighted by Gasteiger charge is 2.20. The average Bonchev–Trinajstić information content (AvgIpc) is 2.62. The molecule has 0 unspecified atom stereocenters. The van der Waals surface area contributed by atoms with Gasteiger partial charge in [-0.05, 0) is 25.1 Å². The topological polar surface area (TPSA) is 42.0 Å². The van der Waals surface area contributed by atoms with E-state index in [9.17, 15) is 4.79 Å². The summed E-state index contributed by atoms with van der Waals surface area (Å²) in [6.07, 6.45) is 7.18. The van der Waals surface area contributed by atoms with Crippen LogP contribution in [-0.4, -0.2) is 56.1 Å². The molecule has 24 heavy (non-hydrogen) atoms. The first-order chi connectivity index (χ1) is 11.7. The molecule has 0 N–H and O–H groups in total. The Bertz CT molecular complexity index is 603. The number of allylic oxidation sites excluding steroid dienone is 3. The predicted molar refractivity (Wildman–Crippen MR) is 95.4 cm³/mol. The maximum Gasteiger partial charge on any atom is 0.246 e. The van der Waals surface area contributed by atoms with Gasteiger partial charge in [-0.15, -0.1) is 0 Å². The Morgan fingerprint density at radius 3 is 2.50 bits per heavy atom. The van der Waals surface area contributed by atoms with E-state index in [1.165, 1.54) is 0 Å². The smallest absolute Gasteiger partial charge is 0.246 e. The van der Waals surface area contributed by atoms with E-state index < -0.39 is 0 Å². The van der Waals surface area contributed by atoms with Gasteiger partial charge in [0.05, 0.1) is 14.2 Å². The van der Waals surface area contributed by atoms with E-state index in [0.29, 0.717) is 0 Å². The molecule has 1 amide bonds. The maximum absolute atomic E-state index is 12.1. The van der Waals surface area contributed by atoms with Crippen molar-refractivity contribution in [2.24, 2.45) is 0 Å². The van der Waals surface area contributed by atoms with Gasteiger partial charge < -0.3 is 14.4 Å². The van der Waals surface area contributed by atoms with Crippen molar-refractivity contribution in [3.8, 4) is 11.5 Å². The summed E-state index contributed by atoms with van der Waals surface area (Å²) in [5.41, 5.74) is 1.10. The monoisotopic (exact) mass is 330 g/mol. The van der Waals surface area contributed by atoms with Crippen LogP contribution in [0.3, 0.4) is 0 Å². The third-order valence-corrected chi connectivity index (χ3v) is 4.11. The fraction of sp³-hybridized carbons (Fsp3) is 0.421. The molecule has 2 rings (SSSR count). The van der Waals surface area contributed by atoms with Crippen LogP contribution in [0.25, 0.3) is 0 Å². The lowest BCUT2D eigenvalue weighted by Gasteiger charge is -2.34. The van der Waals surface area contributed by atoms with Gasteiger partial charge in [0.25, 0.3) is 0 Å². The lowest BCUT2D eigenvalue weighted by Crippen LogP contribution is -2.47. The number of hydrogen-bond acceptors (Lipinski definition) is 4. The molecule has 5 heteroatoms. The molecule has 0 spiro atoms. The standard InChI is InChI=1S/C19H26N2O3/c1-4-5-6-7-19(22)21-12-10-20(11-13-21)15-16-14-17(23-2)8-9-18(16)24-3/h4-9,14H,10-13,15H2,1-3H3/b5-4+,7-6+. The fourth-order valence-corrected chi connectivity index (χ4v) is 2.73. The van der Waals surface area contributed by atoms with Crippen LogP contribution in [0.4, 0.5) is 0 Å². The van der Waals surface area contributed by atoms with Crippen molar-refractivity contribution in [1.29, 1.82) is 0 Å². The van der Waals surface area contributed by atoms with Crippen LogP contribution in [-0.2, 0) is 11.3 Å². The second kappa shape index (κ2) is 9.13. The minimum absolute atomic E-state index is 0.0757. The second-order valence-corrected chi connectivity index (χ2v) is 5.66. The van der Waals surface area contributed by atoms with Gasteiger partial charge in [-0.1, -0.05) is 18.2 Å². The number of carbonyl (C=O) groups excluding carboxylic acids is 1. The molecule has 130 valence electrons. The van der Waals surface area contributed by atoms with Crippen molar-refractivity contribution in [1.82, 2.24) is 9.80 Å². The van der Waals surface area contributed by atoms with Crippen LogP contribution >= 0.6 is 0 Å². The lowest BCUT2D eigenvalue weighted by atomic mass is 10.1. The fourth-order valence-electron chi connectivity index (χ4n) is 2.73. The number of nitrogens with zero attached hydrogens (tertiary/aromatic N) is 2. The molecule has 1 saturated heterocycles. The van der Waals surface area contributed by atoms with Gasteiger partial charge in [0.2, 0.25) is 5.91 Å². The minimum atomic E-state index is 0.0757. The first kappa shape index (κ1) is 18.1. The molecule has 1 aliphatic rings. The largest absolute Gasteiger partial charge is 0.497 e. The van der Waals surface area contributed by atoms with Gasteiger partial charge in [0.15, 0.2) is 0 Å². The van der Waals surface area contributed by atoms with Gasteiger partial charge in [-0.25, -0.2) is 0 Å². The first-order valence-corrected chi connectivity index (χ1v) is 8.19. The number of hydrogen-bond donors (Lipinski definition) is 0. The second-order valence-electron chi connectivity index (χ2n) is 5.66. The number of methoxy groups -OCH3 is 2. The van der Waals surface area contributed by atoms with Gasteiger partial charge in [0, 0.05) is 44.4 Å². The van der Waals surface area contributed by atoms with Crippen molar-refractivity contribution in [2.75, 3.05) is 40.4 Å². The highest BCUT2D eigenvalue weighted by Crippen LogP contribution is 2.25. The average molecular weight is 330 g/mol. The summed E-state index contributed by atoms with van der Waals surface area (Å²) in [5.74, 6) is 1.77. The van der Waals surface area contributed by atoms with E-state index in [4.69, 9.17) is 9.47 Å². The molecule has 1 fully saturated rings. The Labute approximate surface area is 144 Å². The number of rotatable bonds is 6. The van der Waals surface area contributed by atoms with Crippen molar-refractivity contribution in [3.63, 3.8) is 0 Å². The van der Waals surface area contributed by atoms with Crippen molar-refractivity contribution in [3.05, 3.63) is 48.1 Å². The normalized spacial score (nSPS) is 16.0. The summed E-state index contributed by atoms with van der Waals surface area (Å²) in [7, 11) is 3.34. The SMILES string of the molecule is C/C=C/C=C/C(=O)N1CCN(Cc2cc(OC)ccc2OC)CC1. The number of piperazine rings is 1. The zero-order valence-corrected chi connectivity index (χ0v) is 14.7. The molecule has 0 bridgehead atoms. The molecular weight excluding hydrogens is 304 g/mol. The Morgan fingerprint density at radius 1 is 1.12 bits per heavy atom. The summed E-state index contributed by atoms with van der Waals surface area (Å²) >= 11 is 0. The van der Waals surface area contributed by atoms with Gasteiger partial charge in [-0.3, -0.25) is 9.69 Å². The molecule has 0 saturated carbocycles. The van der Waals surface area contributed by atoms with Crippen LogP contribution in [0.5, 0.6) is 11.5 Å². The van der Waals surface area contributed by atoms with E-state index in [-0.39, 0.29) is 5.91 Å². The number of amides is 1. The minimum Gasteiger partial charge on any atom is -0.497 e. The number of benzene rings is 1. The summed E-state index contributed by atoms with van der Waals surface area (Å²) < 4.78 is 10.7. The highest BCUT2D eigenvalue weighted by molar-refractivity contribution is 5.87. The predicted octanol–water partition coefficient (Wildman–Crippen LogP) is 2.48. The first-order valence-electron chi connectivity index (χ1n) is 8.19. The highest BCUT2D eigenvalue weighted by atomic mass is 16.5. The Balaban J connectivity index is 1.92.